The summed E-state index contributed by atoms with van der Waals surface area (Å²) in [6.45, 7) is 0. The molecule has 0 aliphatic rings. The van der Waals surface area contributed by atoms with E-state index in [0.29, 0.717) is 33.9 Å². The minimum atomic E-state index is -1.01. The van der Waals surface area contributed by atoms with Crippen LogP contribution in [0, 0.1) is 23.0 Å². The van der Waals surface area contributed by atoms with E-state index in [9.17, 15) is 14.0 Å². The van der Waals surface area contributed by atoms with Gasteiger partial charge in [0.2, 0.25) is 0 Å². The second kappa shape index (κ2) is 7.30. The van der Waals surface area contributed by atoms with Crippen molar-refractivity contribution in [2.45, 2.75) is 0 Å². The van der Waals surface area contributed by atoms with Gasteiger partial charge in [-0.3, -0.25) is 0 Å². The third-order valence-electron chi connectivity index (χ3n) is 4.07. The summed E-state index contributed by atoms with van der Waals surface area (Å²) in [7, 11) is 3.03. The lowest BCUT2D eigenvalue weighted by atomic mass is 9.98. The minimum Gasteiger partial charge on any atom is -0.493 e. The van der Waals surface area contributed by atoms with E-state index in [0.717, 1.165) is 12.1 Å². The molecule has 3 aromatic rings. The van der Waals surface area contributed by atoms with Crippen molar-refractivity contribution in [1.29, 1.82) is 5.26 Å². The lowest BCUT2D eigenvalue weighted by molar-refractivity contribution is 0.355. The first-order valence-corrected chi connectivity index (χ1v) is 7.87. The van der Waals surface area contributed by atoms with Crippen LogP contribution in [0.1, 0.15) is 5.56 Å². The Balaban J connectivity index is 2.21. The molecule has 0 aliphatic heterocycles. The van der Waals surface area contributed by atoms with Gasteiger partial charge in [0.15, 0.2) is 23.1 Å². The van der Waals surface area contributed by atoms with Crippen molar-refractivity contribution in [3.8, 4) is 40.0 Å². The normalized spacial score (nSPS) is 10.3. The Labute approximate surface area is 154 Å². The fourth-order valence-corrected chi connectivity index (χ4v) is 2.72. The zero-order valence-corrected chi connectivity index (χ0v) is 14.6. The summed E-state index contributed by atoms with van der Waals surface area (Å²) in [6, 6.07) is 12.1. The molecule has 0 fully saturated rings. The Morgan fingerprint density at radius 2 is 1.63 bits per heavy atom. The van der Waals surface area contributed by atoms with Gasteiger partial charge in [-0.15, -0.1) is 0 Å². The Morgan fingerprint density at radius 1 is 0.926 bits per heavy atom. The second-order valence-electron chi connectivity index (χ2n) is 5.63. The number of ether oxygens (including phenoxy) is 2. The van der Waals surface area contributed by atoms with E-state index >= 15 is 0 Å². The summed E-state index contributed by atoms with van der Waals surface area (Å²) in [5, 5.41) is 9.42. The highest BCUT2D eigenvalue weighted by Crippen LogP contribution is 2.35. The van der Waals surface area contributed by atoms with Gasteiger partial charge in [-0.25, -0.2) is 13.8 Å². The van der Waals surface area contributed by atoms with E-state index in [4.69, 9.17) is 15.2 Å². The van der Waals surface area contributed by atoms with Crippen LogP contribution in [-0.2, 0) is 0 Å². The summed E-state index contributed by atoms with van der Waals surface area (Å²) in [4.78, 5) is 4.26. The van der Waals surface area contributed by atoms with Crippen LogP contribution < -0.4 is 15.2 Å². The monoisotopic (exact) mass is 367 g/mol. The number of pyridine rings is 1. The fraction of sp³-hybridized carbons (Fsp3) is 0.100. The first kappa shape index (κ1) is 18.1. The largest absolute Gasteiger partial charge is 0.493 e. The zero-order chi connectivity index (χ0) is 19.6. The van der Waals surface area contributed by atoms with Crippen molar-refractivity contribution >= 4 is 5.82 Å². The SMILES string of the molecule is COc1ccc(-c2cc(-c3ccc(F)c(F)c3)c(C#N)c(N)n2)cc1OC. The molecular weight excluding hydrogens is 352 g/mol. The lowest BCUT2D eigenvalue weighted by Crippen LogP contribution is -2.00. The molecule has 0 aliphatic carbocycles. The van der Waals surface area contributed by atoms with E-state index < -0.39 is 11.6 Å². The molecule has 5 nitrogen and oxygen atoms in total. The van der Waals surface area contributed by atoms with Gasteiger partial charge in [0.05, 0.1) is 19.9 Å². The van der Waals surface area contributed by atoms with Crippen molar-refractivity contribution in [2.24, 2.45) is 0 Å². The van der Waals surface area contributed by atoms with E-state index in [-0.39, 0.29) is 11.4 Å². The van der Waals surface area contributed by atoms with Gasteiger partial charge >= 0.3 is 0 Å². The van der Waals surface area contributed by atoms with Crippen LogP contribution in [0.3, 0.4) is 0 Å². The number of hydrogen-bond acceptors (Lipinski definition) is 5. The summed E-state index contributed by atoms with van der Waals surface area (Å²) in [5.41, 5.74) is 7.82. The van der Waals surface area contributed by atoms with E-state index in [1.54, 1.807) is 24.3 Å². The first-order valence-electron chi connectivity index (χ1n) is 7.87. The predicted molar refractivity (Wildman–Crippen MR) is 97.3 cm³/mol. The topological polar surface area (TPSA) is 81.2 Å². The van der Waals surface area contributed by atoms with Gasteiger partial charge in [-0.1, -0.05) is 6.07 Å². The van der Waals surface area contributed by atoms with Crippen LogP contribution in [0.15, 0.2) is 42.5 Å². The molecule has 0 saturated carbocycles. The van der Waals surface area contributed by atoms with Gasteiger partial charge in [0.25, 0.3) is 0 Å². The first-order chi connectivity index (χ1) is 13.0. The maximum Gasteiger partial charge on any atom is 0.161 e. The standard InChI is InChI=1S/C20H15F2N3O2/c1-26-18-6-4-12(8-19(18)27-2)17-9-13(14(10-23)20(24)25-17)11-3-5-15(21)16(22)7-11/h3-9H,1-2H3,(H2,24,25). The molecule has 0 bridgehead atoms. The predicted octanol–water partition coefficient (Wildman–Crippen LogP) is 4.16. The third-order valence-corrected chi connectivity index (χ3v) is 4.07. The van der Waals surface area contributed by atoms with Crippen molar-refractivity contribution in [3.63, 3.8) is 0 Å². The van der Waals surface area contributed by atoms with Crippen LogP contribution in [0.5, 0.6) is 11.5 Å². The van der Waals surface area contributed by atoms with Crippen LogP contribution in [-0.4, -0.2) is 19.2 Å². The number of aromatic nitrogens is 1. The molecule has 1 aromatic heterocycles. The van der Waals surface area contributed by atoms with Gasteiger partial charge in [-0.05, 0) is 42.0 Å². The quantitative estimate of drug-likeness (QED) is 0.749. The van der Waals surface area contributed by atoms with Gasteiger partial charge < -0.3 is 15.2 Å². The number of nitriles is 1. The Kier molecular flexibility index (Phi) is 4.90. The number of nitrogen functional groups attached to an aromatic ring is 1. The average Bonchev–Trinajstić information content (AvgIpc) is 2.68. The molecular formula is C20H15F2N3O2. The zero-order valence-electron chi connectivity index (χ0n) is 14.6. The summed E-state index contributed by atoms with van der Waals surface area (Å²) in [6.07, 6.45) is 0. The summed E-state index contributed by atoms with van der Waals surface area (Å²) >= 11 is 0. The van der Waals surface area contributed by atoms with Crippen LogP contribution in [0.4, 0.5) is 14.6 Å². The molecule has 1 heterocycles. The molecule has 3 rings (SSSR count). The van der Waals surface area contributed by atoms with Crippen molar-refractivity contribution in [1.82, 2.24) is 4.98 Å². The fourth-order valence-electron chi connectivity index (χ4n) is 2.72. The Morgan fingerprint density at radius 3 is 2.26 bits per heavy atom. The summed E-state index contributed by atoms with van der Waals surface area (Å²) in [5.74, 6) is -0.957. The number of halogens is 2. The Hall–Kier alpha value is -3.66. The highest BCUT2D eigenvalue weighted by molar-refractivity contribution is 5.80. The molecule has 2 aromatic carbocycles. The molecule has 0 unspecified atom stereocenters. The van der Waals surface area contributed by atoms with Crippen molar-refractivity contribution < 1.29 is 18.3 Å². The van der Waals surface area contributed by atoms with Crippen LogP contribution in [0.25, 0.3) is 22.4 Å². The number of anilines is 1. The highest BCUT2D eigenvalue weighted by Gasteiger charge is 2.16. The van der Waals surface area contributed by atoms with Crippen LogP contribution >= 0.6 is 0 Å². The van der Waals surface area contributed by atoms with Gasteiger partial charge in [0, 0.05) is 11.1 Å². The second-order valence-corrected chi connectivity index (χ2v) is 5.63. The maximum absolute atomic E-state index is 13.7. The smallest absolute Gasteiger partial charge is 0.161 e. The molecule has 0 atom stereocenters. The van der Waals surface area contributed by atoms with E-state index in [2.05, 4.69) is 4.98 Å². The molecule has 27 heavy (non-hydrogen) atoms. The molecule has 0 saturated heterocycles. The maximum atomic E-state index is 13.7. The van der Waals surface area contributed by atoms with Crippen molar-refractivity contribution in [2.75, 3.05) is 20.0 Å². The van der Waals surface area contributed by atoms with E-state index in [1.807, 2.05) is 6.07 Å². The van der Waals surface area contributed by atoms with Crippen LogP contribution in [0.2, 0.25) is 0 Å². The molecule has 0 spiro atoms. The summed E-state index contributed by atoms with van der Waals surface area (Å²) < 4.78 is 37.4. The number of rotatable bonds is 4. The number of nitrogens with zero attached hydrogens (tertiary/aromatic N) is 2. The highest BCUT2D eigenvalue weighted by atomic mass is 19.2. The molecule has 2 N–H and O–H groups in total. The van der Waals surface area contributed by atoms with Gasteiger partial charge in [0.1, 0.15) is 17.5 Å². The molecule has 0 radical (unpaired) electrons. The average molecular weight is 367 g/mol. The molecule has 0 amide bonds. The Bertz CT molecular complexity index is 1060. The molecule has 7 heteroatoms. The minimum absolute atomic E-state index is 0.00971. The number of nitrogens with two attached hydrogens (primary N) is 1. The number of hydrogen-bond donors (Lipinski definition) is 1. The number of methoxy groups -OCH3 is 2. The van der Waals surface area contributed by atoms with Gasteiger partial charge in [-0.2, -0.15) is 5.26 Å². The third kappa shape index (κ3) is 3.37. The van der Waals surface area contributed by atoms with E-state index in [1.165, 1.54) is 20.3 Å². The molecule has 136 valence electrons. The lowest BCUT2D eigenvalue weighted by Gasteiger charge is -2.12. The van der Waals surface area contributed by atoms with Crippen molar-refractivity contribution in [3.05, 3.63) is 59.7 Å². The number of benzene rings is 2.